The van der Waals surface area contributed by atoms with Gasteiger partial charge >= 0.3 is 16.3 Å². The molecule has 0 unspecified atom stereocenters. The molecule has 0 saturated heterocycles. The van der Waals surface area contributed by atoms with E-state index in [0.29, 0.717) is 0 Å². The summed E-state index contributed by atoms with van der Waals surface area (Å²) in [4.78, 5) is 10.9. The average Bonchev–Trinajstić information content (AvgIpc) is 2.27. The summed E-state index contributed by atoms with van der Waals surface area (Å²) in [6, 6.07) is 0. The van der Waals surface area contributed by atoms with Crippen molar-refractivity contribution in [2.75, 3.05) is 33.9 Å². The molecule has 0 rings (SSSR count). The van der Waals surface area contributed by atoms with E-state index in [4.69, 9.17) is 15.9 Å². The minimum absolute atomic E-state index is 0.0228. The molecule has 0 fully saturated rings. The van der Waals surface area contributed by atoms with E-state index in [0.717, 1.165) is 11.4 Å². The van der Waals surface area contributed by atoms with Crippen LogP contribution in [0.3, 0.4) is 0 Å². The molecule has 0 aromatic heterocycles. The summed E-state index contributed by atoms with van der Waals surface area (Å²) in [6.45, 7) is 0.168. The number of nitrogens with one attached hydrogen (secondary N) is 2. The molecule has 10 heteroatoms. The van der Waals surface area contributed by atoms with E-state index in [1.54, 1.807) is 4.72 Å². The Kier molecular flexibility index (Phi) is 7.24. The van der Waals surface area contributed by atoms with Crippen LogP contribution in [0, 0.1) is 5.41 Å². The molecule has 0 aliphatic rings. The van der Waals surface area contributed by atoms with Gasteiger partial charge in [0.2, 0.25) is 0 Å². The first kappa shape index (κ1) is 16.6. The van der Waals surface area contributed by atoms with Crippen LogP contribution in [-0.2, 0) is 19.7 Å². The molecule has 0 bridgehead atoms. The fourth-order valence-corrected chi connectivity index (χ4v) is 2.07. The van der Waals surface area contributed by atoms with Crippen molar-refractivity contribution in [2.24, 2.45) is 5.73 Å². The molecule has 0 aliphatic carbocycles. The molecule has 0 atom stereocenters. The van der Waals surface area contributed by atoms with Crippen molar-refractivity contribution in [1.29, 1.82) is 5.41 Å². The summed E-state index contributed by atoms with van der Waals surface area (Å²) < 4.78 is 35.2. The van der Waals surface area contributed by atoms with E-state index in [2.05, 4.69) is 4.74 Å². The molecular formula is C8H18N4O5S. The molecule has 18 heavy (non-hydrogen) atoms. The molecule has 106 valence electrons. The molecular weight excluding hydrogens is 264 g/mol. The fourth-order valence-electron chi connectivity index (χ4n) is 1.00. The lowest BCUT2D eigenvalue weighted by Crippen LogP contribution is -2.45. The highest BCUT2D eigenvalue weighted by Crippen LogP contribution is 2.00. The van der Waals surface area contributed by atoms with Gasteiger partial charge in [-0.25, -0.2) is 9.52 Å². The van der Waals surface area contributed by atoms with Gasteiger partial charge in [-0.2, -0.15) is 12.7 Å². The van der Waals surface area contributed by atoms with Gasteiger partial charge in [0.1, 0.15) is 0 Å². The van der Waals surface area contributed by atoms with E-state index in [1.807, 2.05) is 0 Å². The molecule has 4 N–H and O–H groups in total. The minimum Gasteiger partial charge on any atom is -0.452 e. The van der Waals surface area contributed by atoms with Gasteiger partial charge in [0, 0.05) is 26.6 Å². The minimum atomic E-state index is -4.03. The smallest absolute Gasteiger partial charge is 0.421 e. The Morgan fingerprint density at radius 3 is 2.44 bits per heavy atom. The normalized spacial score (nSPS) is 11.3. The number of hydrogen-bond donors (Lipinski definition) is 3. The number of nitrogens with zero attached hydrogens (tertiary/aromatic N) is 1. The first-order valence-electron chi connectivity index (χ1n) is 5.01. The maximum absolute atomic E-state index is 11.8. The van der Waals surface area contributed by atoms with Crippen LogP contribution in [-0.4, -0.2) is 58.6 Å². The van der Waals surface area contributed by atoms with Crippen LogP contribution in [0.1, 0.15) is 6.42 Å². The highest BCUT2D eigenvalue weighted by molar-refractivity contribution is 7.87. The summed E-state index contributed by atoms with van der Waals surface area (Å²) in [6.07, 6.45) is -1.02. The predicted molar refractivity (Wildman–Crippen MR) is 64.4 cm³/mol. The lowest BCUT2D eigenvalue weighted by Gasteiger charge is -2.21. The highest BCUT2D eigenvalue weighted by Gasteiger charge is 2.24. The van der Waals surface area contributed by atoms with Gasteiger partial charge in [-0.05, 0) is 0 Å². The third kappa shape index (κ3) is 6.37. The molecule has 0 aliphatic heterocycles. The number of methoxy groups -OCH3 is 2. The zero-order chi connectivity index (χ0) is 14.2. The van der Waals surface area contributed by atoms with Crippen LogP contribution in [0.5, 0.6) is 0 Å². The van der Waals surface area contributed by atoms with Crippen molar-refractivity contribution in [3.63, 3.8) is 0 Å². The molecule has 0 heterocycles. The second kappa shape index (κ2) is 7.84. The van der Waals surface area contributed by atoms with Crippen LogP contribution >= 0.6 is 0 Å². The van der Waals surface area contributed by atoms with Crippen LogP contribution in [0.25, 0.3) is 0 Å². The number of hydrogen-bond acceptors (Lipinski definition) is 6. The molecule has 0 aromatic carbocycles. The van der Waals surface area contributed by atoms with Gasteiger partial charge in [-0.15, -0.1) is 0 Å². The monoisotopic (exact) mass is 282 g/mol. The van der Waals surface area contributed by atoms with E-state index in [-0.39, 0.29) is 32.0 Å². The summed E-state index contributed by atoms with van der Waals surface area (Å²) >= 11 is 0. The fraction of sp³-hybridized carbons (Fsp3) is 0.750. The van der Waals surface area contributed by atoms with Crippen molar-refractivity contribution in [3.8, 4) is 0 Å². The second-order valence-electron chi connectivity index (χ2n) is 3.27. The lowest BCUT2D eigenvalue weighted by molar-refractivity contribution is 0.172. The Bertz CT molecular complexity index is 383. The van der Waals surface area contributed by atoms with Gasteiger partial charge in [-0.3, -0.25) is 5.41 Å². The number of rotatable bonds is 8. The summed E-state index contributed by atoms with van der Waals surface area (Å²) in [5, 5.41) is 7.06. The molecule has 9 nitrogen and oxygen atoms in total. The van der Waals surface area contributed by atoms with E-state index < -0.39 is 16.3 Å². The highest BCUT2D eigenvalue weighted by atomic mass is 32.2. The Labute approximate surface area is 106 Å². The largest absolute Gasteiger partial charge is 0.452 e. The first-order valence-corrected chi connectivity index (χ1v) is 6.45. The summed E-state index contributed by atoms with van der Waals surface area (Å²) in [5.74, 6) is -0.148. The number of amides is 1. The molecule has 1 amide bonds. The zero-order valence-electron chi connectivity index (χ0n) is 10.3. The Morgan fingerprint density at radius 2 is 2.00 bits per heavy atom. The van der Waals surface area contributed by atoms with Crippen LogP contribution in [0.2, 0.25) is 0 Å². The lowest BCUT2D eigenvalue weighted by atomic mass is 10.4. The van der Waals surface area contributed by atoms with Crippen LogP contribution < -0.4 is 10.5 Å². The summed E-state index contributed by atoms with van der Waals surface area (Å²) in [7, 11) is -1.55. The maximum atomic E-state index is 11.8. The molecule has 0 saturated carbocycles. The van der Waals surface area contributed by atoms with E-state index in [9.17, 15) is 13.2 Å². The summed E-state index contributed by atoms with van der Waals surface area (Å²) in [5.41, 5.74) is 5.16. The topological polar surface area (TPSA) is 135 Å². The molecule has 0 aromatic rings. The van der Waals surface area contributed by atoms with E-state index >= 15 is 0 Å². The van der Waals surface area contributed by atoms with Gasteiger partial charge in [0.25, 0.3) is 0 Å². The Hall–Kier alpha value is -1.39. The quantitative estimate of drug-likeness (QED) is 0.380. The third-order valence-corrected chi connectivity index (χ3v) is 3.38. The van der Waals surface area contributed by atoms with Gasteiger partial charge < -0.3 is 15.2 Å². The zero-order valence-corrected chi connectivity index (χ0v) is 11.1. The van der Waals surface area contributed by atoms with Crippen molar-refractivity contribution in [2.45, 2.75) is 6.42 Å². The van der Waals surface area contributed by atoms with Gasteiger partial charge in [-0.1, -0.05) is 0 Å². The van der Waals surface area contributed by atoms with Crippen LogP contribution in [0.15, 0.2) is 0 Å². The third-order valence-electron chi connectivity index (χ3n) is 1.91. The average molecular weight is 282 g/mol. The number of amidine groups is 1. The number of carbonyl (C=O) groups excluding carboxylic acids is 1. The Balaban J connectivity index is 4.69. The molecule has 0 radical (unpaired) electrons. The van der Waals surface area contributed by atoms with Gasteiger partial charge in [0.15, 0.2) is 0 Å². The number of carbonyl (C=O) groups is 1. The maximum Gasteiger partial charge on any atom is 0.421 e. The number of nitrogens with two attached hydrogens (primary N) is 1. The van der Waals surface area contributed by atoms with Crippen molar-refractivity contribution in [3.05, 3.63) is 0 Å². The van der Waals surface area contributed by atoms with Crippen LogP contribution in [0.4, 0.5) is 4.79 Å². The first-order chi connectivity index (χ1) is 8.33. The van der Waals surface area contributed by atoms with Crippen molar-refractivity contribution >= 4 is 22.1 Å². The molecule has 0 spiro atoms. The SMILES string of the molecule is COCCN(CCC(=N)N)S(=O)(=O)NC(=O)OC. The van der Waals surface area contributed by atoms with Gasteiger partial charge in [0.05, 0.1) is 19.6 Å². The van der Waals surface area contributed by atoms with Crippen molar-refractivity contribution in [1.82, 2.24) is 9.03 Å². The van der Waals surface area contributed by atoms with E-state index in [1.165, 1.54) is 7.11 Å². The Morgan fingerprint density at radius 1 is 1.39 bits per heavy atom. The second-order valence-corrected chi connectivity index (χ2v) is 4.94. The standard InChI is InChI=1S/C8H18N4O5S/c1-16-6-5-12(4-3-7(9)10)18(14,15)11-8(13)17-2/h3-6H2,1-2H3,(H3,9,10)(H,11,13). The number of ether oxygens (including phenoxy) is 2. The predicted octanol–water partition coefficient (Wildman–Crippen LogP) is -1.14. The van der Waals surface area contributed by atoms with Crippen molar-refractivity contribution < 1.29 is 22.7 Å².